The Morgan fingerprint density at radius 2 is 1.14 bits per heavy atom. The molecule has 0 aromatic rings. The Balaban J connectivity index is 4.04. The van der Waals surface area contributed by atoms with Gasteiger partial charge in [0.2, 0.25) is 0 Å². The standard InChI is InChI=1S/C11H26O2Si/c1-8-10(3,4)12-14(7)13-11(5,6)9-2/h14H,8-9H2,1-7H3. The molecule has 14 heavy (non-hydrogen) atoms. The molecule has 0 atom stereocenters. The molecular formula is C11H26O2Si. The van der Waals surface area contributed by atoms with E-state index in [-0.39, 0.29) is 11.2 Å². The van der Waals surface area contributed by atoms with Crippen LogP contribution in [-0.4, -0.2) is 20.5 Å². The van der Waals surface area contributed by atoms with E-state index >= 15 is 0 Å². The normalized spacial score (nSPS) is 13.7. The second-order valence-electron chi connectivity index (χ2n) is 5.03. The van der Waals surface area contributed by atoms with Gasteiger partial charge in [-0.1, -0.05) is 13.8 Å². The zero-order valence-corrected chi connectivity index (χ0v) is 12.0. The summed E-state index contributed by atoms with van der Waals surface area (Å²) in [6.45, 7) is 14.9. The van der Waals surface area contributed by atoms with Crippen molar-refractivity contribution in [2.75, 3.05) is 0 Å². The summed E-state index contributed by atoms with van der Waals surface area (Å²) in [4.78, 5) is 0. The summed E-state index contributed by atoms with van der Waals surface area (Å²) in [5, 5.41) is 0. The Hall–Kier alpha value is 0.137. The first-order chi connectivity index (χ1) is 6.22. The minimum Gasteiger partial charge on any atom is -0.391 e. The third-order valence-corrected chi connectivity index (χ3v) is 4.61. The maximum Gasteiger partial charge on any atom is 0.319 e. The van der Waals surface area contributed by atoms with Gasteiger partial charge in [0.05, 0.1) is 11.2 Å². The highest BCUT2D eigenvalue weighted by Gasteiger charge is 2.25. The SMILES string of the molecule is CCC(C)(C)O[SiH](C)OC(C)(C)CC. The van der Waals surface area contributed by atoms with E-state index in [4.69, 9.17) is 8.85 Å². The Labute approximate surface area is 90.8 Å². The molecule has 3 heteroatoms. The molecule has 0 radical (unpaired) electrons. The minimum absolute atomic E-state index is 0.0323. The molecule has 0 aliphatic heterocycles. The molecule has 0 aromatic heterocycles. The van der Waals surface area contributed by atoms with Crippen LogP contribution in [-0.2, 0) is 8.85 Å². The topological polar surface area (TPSA) is 18.5 Å². The summed E-state index contributed by atoms with van der Waals surface area (Å²) in [7, 11) is -1.49. The number of rotatable bonds is 6. The smallest absolute Gasteiger partial charge is 0.319 e. The molecular weight excluding hydrogens is 192 g/mol. The number of hydrogen-bond acceptors (Lipinski definition) is 2. The van der Waals surface area contributed by atoms with Gasteiger partial charge in [0, 0.05) is 0 Å². The molecule has 0 N–H and O–H groups in total. The highest BCUT2D eigenvalue weighted by Crippen LogP contribution is 2.20. The average Bonchev–Trinajstić information content (AvgIpc) is 2.02. The first-order valence-electron chi connectivity index (χ1n) is 5.58. The van der Waals surface area contributed by atoms with Crippen LogP contribution in [0.3, 0.4) is 0 Å². The lowest BCUT2D eigenvalue weighted by Crippen LogP contribution is -2.38. The van der Waals surface area contributed by atoms with Crippen molar-refractivity contribution < 1.29 is 8.85 Å². The Morgan fingerprint density at radius 1 is 0.857 bits per heavy atom. The van der Waals surface area contributed by atoms with Gasteiger partial charge in [0.1, 0.15) is 0 Å². The van der Waals surface area contributed by atoms with E-state index in [2.05, 4.69) is 48.1 Å². The average molecular weight is 218 g/mol. The van der Waals surface area contributed by atoms with E-state index in [1.54, 1.807) is 0 Å². The second kappa shape index (κ2) is 5.28. The van der Waals surface area contributed by atoms with E-state index in [0.717, 1.165) is 12.8 Å². The molecule has 0 aliphatic rings. The van der Waals surface area contributed by atoms with Gasteiger partial charge < -0.3 is 8.85 Å². The lowest BCUT2D eigenvalue weighted by molar-refractivity contribution is 0.0165. The van der Waals surface area contributed by atoms with Crippen LogP contribution < -0.4 is 0 Å². The van der Waals surface area contributed by atoms with E-state index in [1.807, 2.05) is 0 Å². The van der Waals surface area contributed by atoms with Crippen molar-refractivity contribution in [2.24, 2.45) is 0 Å². The van der Waals surface area contributed by atoms with Crippen LogP contribution >= 0.6 is 0 Å². The van der Waals surface area contributed by atoms with Crippen LogP contribution in [0.5, 0.6) is 0 Å². The zero-order valence-electron chi connectivity index (χ0n) is 10.8. The highest BCUT2D eigenvalue weighted by atomic mass is 28.3. The molecule has 0 aromatic carbocycles. The molecule has 2 nitrogen and oxygen atoms in total. The maximum absolute atomic E-state index is 5.94. The van der Waals surface area contributed by atoms with E-state index in [9.17, 15) is 0 Å². The molecule has 0 rings (SSSR count). The van der Waals surface area contributed by atoms with Crippen LogP contribution in [0.15, 0.2) is 0 Å². The van der Waals surface area contributed by atoms with Crippen molar-refractivity contribution in [3.63, 3.8) is 0 Å². The van der Waals surface area contributed by atoms with Gasteiger partial charge in [-0.25, -0.2) is 0 Å². The van der Waals surface area contributed by atoms with Crippen LogP contribution in [0, 0.1) is 0 Å². The summed E-state index contributed by atoms with van der Waals surface area (Å²) in [5.74, 6) is 0. The van der Waals surface area contributed by atoms with Gasteiger partial charge in [0.15, 0.2) is 0 Å². The quantitative estimate of drug-likeness (QED) is 0.637. The van der Waals surface area contributed by atoms with Crippen molar-refractivity contribution in [3.05, 3.63) is 0 Å². The largest absolute Gasteiger partial charge is 0.391 e. The number of hydrogen-bond donors (Lipinski definition) is 0. The summed E-state index contributed by atoms with van der Waals surface area (Å²) in [6, 6.07) is 0. The fourth-order valence-corrected chi connectivity index (χ4v) is 3.27. The second-order valence-corrected chi connectivity index (χ2v) is 6.64. The third-order valence-electron chi connectivity index (χ3n) is 2.67. The van der Waals surface area contributed by atoms with Crippen LogP contribution in [0.1, 0.15) is 54.4 Å². The van der Waals surface area contributed by atoms with E-state index in [1.165, 1.54) is 0 Å². The van der Waals surface area contributed by atoms with Crippen molar-refractivity contribution in [3.8, 4) is 0 Å². The van der Waals surface area contributed by atoms with Gasteiger partial charge >= 0.3 is 9.28 Å². The Morgan fingerprint density at radius 3 is 1.36 bits per heavy atom. The van der Waals surface area contributed by atoms with Crippen LogP contribution in [0.2, 0.25) is 6.55 Å². The van der Waals surface area contributed by atoms with Crippen LogP contribution in [0.4, 0.5) is 0 Å². The maximum atomic E-state index is 5.94. The van der Waals surface area contributed by atoms with Crippen molar-refractivity contribution in [1.82, 2.24) is 0 Å². The van der Waals surface area contributed by atoms with Gasteiger partial charge in [-0.2, -0.15) is 0 Å². The first kappa shape index (κ1) is 14.1. The highest BCUT2D eigenvalue weighted by molar-refractivity contribution is 6.42. The first-order valence-corrected chi connectivity index (χ1v) is 7.68. The Kier molecular flexibility index (Phi) is 5.34. The van der Waals surface area contributed by atoms with Crippen molar-refractivity contribution in [1.29, 1.82) is 0 Å². The van der Waals surface area contributed by atoms with Crippen molar-refractivity contribution >= 4 is 9.28 Å². The third kappa shape index (κ3) is 5.78. The minimum atomic E-state index is -1.49. The molecule has 0 aliphatic carbocycles. The van der Waals surface area contributed by atoms with Gasteiger partial charge in [-0.05, 0) is 47.1 Å². The molecule has 0 saturated heterocycles. The molecule has 0 fully saturated rings. The summed E-state index contributed by atoms with van der Waals surface area (Å²) in [5.41, 5.74) is -0.0646. The molecule has 0 heterocycles. The monoisotopic (exact) mass is 218 g/mol. The van der Waals surface area contributed by atoms with Crippen molar-refractivity contribution in [2.45, 2.75) is 72.1 Å². The lowest BCUT2D eigenvalue weighted by Gasteiger charge is -2.33. The van der Waals surface area contributed by atoms with E-state index in [0.29, 0.717) is 0 Å². The van der Waals surface area contributed by atoms with Gasteiger partial charge in [-0.3, -0.25) is 0 Å². The summed E-state index contributed by atoms with van der Waals surface area (Å²) < 4.78 is 11.9. The summed E-state index contributed by atoms with van der Waals surface area (Å²) >= 11 is 0. The Bertz CT molecular complexity index is 149. The molecule has 0 unspecified atom stereocenters. The summed E-state index contributed by atoms with van der Waals surface area (Å²) in [6.07, 6.45) is 2.06. The zero-order chi connectivity index (χ0) is 11.4. The molecule has 0 saturated carbocycles. The predicted octanol–water partition coefficient (Wildman–Crippen LogP) is 3.25. The fourth-order valence-electron chi connectivity index (χ4n) is 1.09. The fraction of sp³-hybridized carbons (Fsp3) is 1.00. The van der Waals surface area contributed by atoms with E-state index < -0.39 is 9.28 Å². The van der Waals surface area contributed by atoms with Crippen LogP contribution in [0.25, 0.3) is 0 Å². The van der Waals surface area contributed by atoms with Gasteiger partial charge in [0.25, 0.3) is 0 Å². The molecule has 0 bridgehead atoms. The molecule has 0 amide bonds. The predicted molar refractivity (Wildman–Crippen MR) is 63.9 cm³/mol. The molecule has 86 valence electrons. The molecule has 0 spiro atoms. The van der Waals surface area contributed by atoms with Gasteiger partial charge in [-0.15, -0.1) is 0 Å². The lowest BCUT2D eigenvalue weighted by atomic mass is 10.1.